The Labute approximate surface area is 115 Å². The van der Waals surface area contributed by atoms with Gasteiger partial charge in [0.15, 0.2) is 0 Å². The van der Waals surface area contributed by atoms with Gasteiger partial charge in [-0.2, -0.15) is 0 Å². The van der Waals surface area contributed by atoms with Crippen LogP contribution in [0.4, 0.5) is 5.82 Å². The molecule has 2 N–H and O–H groups in total. The normalized spacial score (nSPS) is 18.6. The zero-order valence-corrected chi connectivity index (χ0v) is 12.0. The number of aliphatic hydroxyl groups is 1. The third kappa shape index (κ3) is 3.63. The van der Waals surface area contributed by atoms with Crippen LogP contribution in [0.25, 0.3) is 0 Å². The van der Waals surface area contributed by atoms with Gasteiger partial charge in [-0.3, -0.25) is 0 Å². The van der Waals surface area contributed by atoms with Gasteiger partial charge < -0.3 is 15.2 Å². The number of aromatic nitrogens is 2. The molecule has 0 saturated carbocycles. The van der Waals surface area contributed by atoms with Gasteiger partial charge in [0.2, 0.25) is 0 Å². The quantitative estimate of drug-likeness (QED) is 0.829. The molecule has 1 aliphatic rings. The number of nitrogens with one attached hydrogen (secondary N) is 1. The van der Waals surface area contributed by atoms with Gasteiger partial charge in [0.1, 0.15) is 16.2 Å². The molecule has 1 aromatic heterocycles. The van der Waals surface area contributed by atoms with Crippen molar-refractivity contribution in [2.75, 3.05) is 25.1 Å². The van der Waals surface area contributed by atoms with Crippen LogP contribution in [-0.4, -0.2) is 40.4 Å². The van der Waals surface area contributed by atoms with E-state index in [-0.39, 0.29) is 0 Å². The van der Waals surface area contributed by atoms with Gasteiger partial charge in [0, 0.05) is 45.1 Å². The summed E-state index contributed by atoms with van der Waals surface area (Å²) in [6.45, 7) is 3.73. The first-order valence-corrected chi connectivity index (χ1v) is 6.98. The Balaban J connectivity index is 1.98. The molecule has 0 radical (unpaired) electrons. The highest BCUT2D eigenvalue weighted by Gasteiger charge is 2.29. The third-order valence-corrected chi connectivity index (χ3v) is 3.49. The van der Waals surface area contributed by atoms with Crippen molar-refractivity contribution in [3.63, 3.8) is 0 Å². The predicted octanol–water partition coefficient (Wildman–Crippen LogP) is 1.75. The van der Waals surface area contributed by atoms with E-state index in [0.29, 0.717) is 32.6 Å². The Bertz CT molecular complexity index is 408. The van der Waals surface area contributed by atoms with Crippen LogP contribution in [0.3, 0.4) is 0 Å². The van der Waals surface area contributed by atoms with Crippen LogP contribution in [0.15, 0.2) is 10.7 Å². The van der Waals surface area contributed by atoms with Crippen LogP contribution in [0.1, 0.15) is 25.6 Å². The molecule has 0 amide bonds. The molecule has 1 saturated heterocycles. The molecular weight excluding hydrogens is 298 g/mol. The van der Waals surface area contributed by atoms with Crippen molar-refractivity contribution in [1.82, 2.24) is 9.97 Å². The van der Waals surface area contributed by atoms with E-state index in [1.807, 2.05) is 13.0 Å². The lowest BCUT2D eigenvalue weighted by molar-refractivity contribution is -0.0543. The minimum atomic E-state index is -0.692. The van der Waals surface area contributed by atoms with E-state index in [1.165, 1.54) is 0 Å². The lowest BCUT2D eigenvalue weighted by Gasteiger charge is -2.32. The second kappa shape index (κ2) is 5.95. The van der Waals surface area contributed by atoms with Crippen molar-refractivity contribution in [2.24, 2.45) is 0 Å². The highest BCUT2D eigenvalue weighted by molar-refractivity contribution is 9.10. The van der Waals surface area contributed by atoms with E-state index in [2.05, 4.69) is 31.2 Å². The topological polar surface area (TPSA) is 67.3 Å². The van der Waals surface area contributed by atoms with E-state index >= 15 is 0 Å². The number of rotatable bonds is 4. The smallest absolute Gasteiger partial charge is 0.131 e. The first-order chi connectivity index (χ1) is 8.61. The van der Waals surface area contributed by atoms with Gasteiger partial charge >= 0.3 is 0 Å². The molecule has 0 aromatic carbocycles. The standard InChI is InChI=1S/C12H18BrN3O2/c1-2-10-15-9(13)7-11(16-10)14-8-12(17)3-5-18-6-4-12/h7,17H,2-6,8H2,1H3,(H,14,15,16). The van der Waals surface area contributed by atoms with E-state index in [4.69, 9.17) is 4.74 Å². The van der Waals surface area contributed by atoms with E-state index in [1.54, 1.807) is 0 Å². The van der Waals surface area contributed by atoms with Gasteiger partial charge in [0.05, 0.1) is 5.60 Å². The molecule has 100 valence electrons. The second-order valence-corrected chi connectivity index (χ2v) is 5.35. The van der Waals surface area contributed by atoms with Crippen LogP contribution < -0.4 is 5.32 Å². The highest BCUT2D eigenvalue weighted by Crippen LogP contribution is 2.21. The molecule has 1 aromatic rings. The molecule has 2 heterocycles. The zero-order valence-electron chi connectivity index (χ0n) is 10.4. The molecule has 2 rings (SSSR count). The summed E-state index contributed by atoms with van der Waals surface area (Å²) in [5.41, 5.74) is -0.692. The maximum absolute atomic E-state index is 10.3. The second-order valence-electron chi connectivity index (χ2n) is 4.54. The number of aryl methyl sites for hydroxylation is 1. The highest BCUT2D eigenvalue weighted by atomic mass is 79.9. The number of halogens is 1. The lowest BCUT2D eigenvalue weighted by Crippen LogP contribution is -2.42. The van der Waals surface area contributed by atoms with Crippen LogP contribution in [0, 0.1) is 0 Å². The van der Waals surface area contributed by atoms with Crippen LogP contribution >= 0.6 is 15.9 Å². The van der Waals surface area contributed by atoms with Gasteiger partial charge in [-0.25, -0.2) is 9.97 Å². The number of hydrogen-bond donors (Lipinski definition) is 2. The van der Waals surface area contributed by atoms with Gasteiger partial charge in [-0.1, -0.05) is 6.92 Å². The first kappa shape index (κ1) is 13.7. The summed E-state index contributed by atoms with van der Waals surface area (Å²) in [6.07, 6.45) is 2.10. The summed E-state index contributed by atoms with van der Waals surface area (Å²) >= 11 is 3.36. The number of ether oxygens (including phenoxy) is 1. The predicted molar refractivity (Wildman–Crippen MR) is 72.6 cm³/mol. The third-order valence-electron chi connectivity index (χ3n) is 3.08. The maximum Gasteiger partial charge on any atom is 0.131 e. The molecule has 0 unspecified atom stereocenters. The van der Waals surface area contributed by atoms with Gasteiger partial charge in [0.25, 0.3) is 0 Å². The molecule has 0 atom stereocenters. The molecule has 0 bridgehead atoms. The Morgan fingerprint density at radius 3 is 2.83 bits per heavy atom. The fourth-order valence-corrected chi connectivity index (χ4v) is 2.32. The minimum absolute atomic E-state index is 0.489. The van der Waals surface area contributed by atoms with Crippen LogP contribution in [0.5, 0.6) is 0 Å². The van der Waals surface area contributed by atoms with E-state index in [0.717, 1.165) is 22.7 Å². The molecule has 18 heavy (non-hydrogen) atoms. The molecule has 5 nitrogen and oxygen atoms in total. The maximum atomic E-state index is 10.3. The summed E-state index contributed by atoms with van der Waals surface area (Å²) in [5, 5.41) is 13.5. The lowest BCUT2D eigenvalue weighted by atomic mass is 9.94. The fourth-order valence-electron chi connectivity index (χ4n) is 1.90. The number of nitrogens with zero attached hydrogens (tertiary/aromatic N) is 2. The first-order valence-electron chi connectivity index (χ1n) is 6.19. The molecule has 0 spiro atoms. The molecule has 0 aliphatic carbocycles. The van der Waals surface area contributed by atoms with Crippen LogP contribution in [-0.2, 0) is 11.2 Å². The van der Waals surface area contributed by atoms with E-state index < -0.39 is 5.60 Å². The summed E-state index contributed by atoms with van der Waals surface area (Å²) in [7, 11) is 0. The monoisotopic (exact) mass is 315 g/mol. The average Bonchev–Trinajstić information content (AvgIpc) is 2.37. The van der Waals surface area contributed by atoms with Crippen molar-refractivity contribution in [3.8, 4) is 0 Å². The average molecular weight is 316 g/mol. The Morgan fingerprint density at radius 2 is 2.17 bits per heavy atom. The molecular formula is C12H18BrN3O2. The number of hydrogen-bond acceptors (Lipinski definition) is 5. The Kier molecular flexibility index (Phi) is 4.53. The fraction of sp³-hybridized carbons (Fsp3) is 0.667. The van der Waals surface area contributed by atoms with Crippen molar-refractivity contribution in [2.45, 2.75) is 31.8 Å². The number of anilines is 1. The molecule has 1 aliphatic heterocycles. The van der Waals surface area contributed by atoms with Gasteiger partial charge in [-0.15, -0.1) is 0 Å². The SMILES string of the molecule is CCc1nc(Br)cc(NCC2(O)CCOCC2)n1. The van der Waals surface area contributed by atoms with Crippen molar-refractivity contribution in [3.05, 3.63) is 16.5 Å². The van der Waals surface area contributed by atoms with Crippen LogP contribution in [0.2, 0.25) is 0 Å². The summed E-state index contributed by atoms with van der Waals surface area (Å²) in [6, 6.07) is 1.82. The van der Waals surface area contributed by atoms with Crippen molar-refractivity contribution in [1.29, 1.82) is 0 Å². The van der Waals surface area contributed by atoms with Crippen molar-refractivity contribution >= 4 is 21.7 Å². The zero-order chi connectivity index (χ0) is 13.0. The molecule has 6 heteroatoms. The Morgan fingerprint density at radius 1 is 1.44 bits per heavy atom. The van der Waals surface area contributed by atoms with Gasteiger partial charge in [-0.05, 0) is 15.9 Å². The Hall–Kier alpha value is -0.720. The minimum Gasteiger partial charge on any atom is -0.388 e. The summed E-state index contributed by atoms with van der Waals surface area (Å²) in [4.78, 5) is 8.62. The summed E-state index contributed by atoms with van der Waals surface area (Å²) < 4.78 is 6.01. The van der Waals surface area contributed by atoms with E-state index in [9.17, 15) is 5.11 Å². The summed E-state index contributed by atoms with van der Waals surface area (Å²) in [5.74, 6) is 1.53. The largest absolute Gasteiger partial charge is 0.388 e. The molecule has 1 fully saturated rings. The van der Waals surface area contributed by atoms with Crippen molar-refractivity contribution < 1.29 is 9.84 Å².